The van der Waals surface area contributed by atoms with E-state index in [4.69, 9.17) is 0 Å². The van der Waals surface area contributed by atoms with Gasteiger partial charge in [0.1, 0.15) is 5.70 Å². The number of carbonyl (C=O) groups is 2. The molecule has 8 heteroatoms. The van der Waals surface area contributed by atoms with Crippen LogP contribution < -0.4 is 4.90 Å². The summed E-state index contributed by atoms with van der Waals surface area (Å²) in [5.74, 6) is -0.752. The molecular formula is C23H24N4O4. The highest BCUT2D eigenvalue weighted by Crippen LogP contribution is 2.37. The molecule has 2 heterocycles. The summed E-state index contributed by atoms with van der Waals surface area (Å²) >= 11 is 0. The van der Waals surface area contributed by atoms with Crippen LogP contribution in [0.15, 0.2) is 48.2 Å². The van der Waals surface area contributed by atoms with Crippen LogP contribution >= 0.6 is 0 Å². The monoisotopic (exact) mass is 420 g/mol. The average Bonchev–Trinajstić information content (AvgIpc) is 3.00. The second-order valence-corrected chi connectivity index (χ2v) is 8.05. The number of anilines is 1. The van der Waals surface area contributed by atoms with Crippen molar-refractivity contribution in [3.05, 3.63) is 75.0 Å². The third-order valence-corrected chi connectivity index (χ3v) is 5.85. The van der Waals surface area contributed by atoms with Gasteiger partial charge < -0.3 is 9.80 Å². The molecule has 2 aliphatic heterocycles. The second-order valence-electron chi connectivity index (χ2n) is 8.05. The molecule has 160 valence electrons. The van der Waals surface area contributed by atoms with Gasteiger partial charge in [-0.3, -0.25) is 19.7 Å². The molecule has 0 radical (unpaired) electrons. The summed E-state index contributed by atoms with van der Waals surface area (Å²) in [6, 6.07) is 11.5. The number of non-ortho nitro benzene ring substituents is 1. The van der Waals surface area contributed by atoms with Crippen LogP contribution in [-0.2, 0) is 9.59 Å². The molecule has 2 aromatic carbocycles. The summed E-state index contributed by atoms with van der Waals surface area (Å²) < 4.78 is 0. The molecule has 0 spiro atoms. The molecule has 0 unspecified atom stereocenters. The number of carbonyl (C=O) groups excluding carboxylic acids is 2. The number of hydrogen-bond acceptors (Lipinski definition) is 6. The zero-order chi connectivity index (χ0) is 22.3. The van der Waals surface area contributed by atoms with E-state index < -0.39 is 10.8 Å². The Bertz CT molecular complexity index is 1100. The number of amides is 2. The van der Waals surface area contributed by atoms with Crippen molar-refractivity contribution in [2.75, 3.05) is 38.1 Å². The minimum absolute atomic E-state index is 0.0614. The fraction of sp³-hybridized carbons (Fsp3) is 0.304. The first-order chi connectivity index (χ1) is 14.8. The minimum Gasteiger partial charge on any atom is -0.364 e. The number of likely N-dealkylation sites (N-methyl/N-ethyl adjacent to an activating group) is 1. The lowest BCUT2D eigenvalue weighted by Crippen LogP contribution is -2.46. The Kier molecular flexibility index (Phi) is 5.32. The number of aryl methyl sites for hydroxylation is 2. The molecule has 2 aliphatic rings. The number of nitro benzene ring substituents is 1. The molecule has 0 N–H and O–H groups in total. The highest BCUT2D eigenvalue weighted by Gasteiger charge is 2.43. The standard InChI is InChI=1S/C23H24N4O4/c1-15-4-5-16(2)19(14-15)26-22(28)20(17-6-8-18(9-7-17)27(30)31)21(23(26)29)25-12-10-24(3)11-13-25/h4-9,14H,10-13H2,1-3H3. The van der Waals surface area contributed by atoms with Gasteiger partial charge >= 0.3 is 0 Å². The molecule has 8 nitrogen and oxygen atoms in total. The van der Waals surface area contributed by atoms with Gasteiger partial charge in [0, 0.05) is 38.3 Å². The highest BCUT2D eigenvalue weighted by molar-refractivity contribution is 6.45. The average molecular weight is 420 g/mol. The van der Waals surface area contributed by atoms with Crippen LogP contribution in [-0.4, -0.2) is 59.8 Å². The van der Waals surface area contributed by atoms with Gasteiger partial charge in [0.15, 0.2) is 0 Å². The van der Waals surface area contributed by atoms with E-state index in [0.29, 0.717) is 35.6 Å². The Labute approximate surface area is 180 Å². The Morgan fingerprint density at radius 3 is 2.16 bits per heavy atom. The number of nitro groups is 1. The smallest absolute Gasteiger partial charge is 0.282 e. The van der Waals surface area contributed by atoms with Crippen molar-refractivity contribution >= 4 is 28.8 Å². The van der Waals surface area contributed by atoms with Gasteiger partial charge in [-0.25, -0.2) is 4.90 Å². The van der Waals surface area contributed by atoms with Crippen LogP contribution in [0.1, 0.15) is 16.7 Å². The van der Waals surface area contributed by atoms with Crippen molar-refractivity contribution in [3.63, 3.8) is 0 Å². The van der Waals surface area contributed by atoms with E-state index in [1.165, 1.54) is 17.0 Å². The van der Waals surface area contributed by atoms with Crippen molar-refractivity contribution in [2.24, 2.45) is 0 Å². The van der Waals surface area contributed by atoms with Crippen LogP contribution in [0.3, 0.4) is 0 Å². The fourth-order valence-electron chi connectivity index (χ4n) is 4.03. The molecule has 1 saturated heterocycles. The predicted octanol–water partition coefficient (Wildman–Crippen LogP) is 2.74. The van der Waals surface area contributed by atoms with Crippen LogP contribution in [0.5, 0.6) is 0 Å². The lowest BCUT2D eigenvalue weighted by Gasteiger charge is -2.34. The molecule has 0 aromatic heterocycles. The molecule has 1 fully saturated rings. The van der Waals surface area contributed by atoms with E-state index in [1.807, 2.05) is 44.0 Å². The van der Waals surface area contributed by atoms with Crippen LogP contribution in [0, 0.1) is 24.0 Å². The number of imide groups is 1. The Morgan fingerprint density at radius 2 is 1.55 bits per heavy atom. The van der Waals surface area contributed by atoms with Crippen LogP contribution in [0.2, 0.25) is 0 Å². The van der Waals surface area contributed by atoms with Crippen molar-refractivity contribution in [1.29, 1.82) is 0 Å². The lowest BCUT2D eigenvalue weighted by atomic mass is 10.0. The molecule has 4 rings (SSSR count). The quantitative estimate of drug-likeness (QED) is 0.429. The maximum absolute atomic E-state index is 13.6. The van der Waals surface area contributed by atoms with Gasteiger partial charge in [0.05, 0.1) is 16.2 Å². The van der Waals surface area contributed by atoms with Crippen molar-refractivity contribution in [2.45, 2.75) is 13.8 Å². The predicted molar refractivity (Wildman–Crippen MR) is 117 cm³/mol. The van der Waals surface area contributed by atoms with Gasteiger partial charge in [0.25, 0.3) is 17.5 Å². The topological polar surface area (TPSA) is 87.0 Å². The largest absolute Gasteiger partial charge is 0.364 e. The molecule has 0 atom stereocenters. The summed E-state index contributed by atoms with van der Waals surface area (Å²) in [5, 5.41) is 11.1. The first kappa shape index (κ1) is 20.7. The molecule has 0 bridgehead atoms. The van der Waals surface area contributed by atoms with Gasteiger partial charge in [-0.2, -0.15) is 0 Å². The number of benzene rings is 2. The Hall–Kier alpha value is -3.52. The number of piperazine rings is 1. The Balaban J connectivity index is 1.83. The number of rotatable bonds is 4. The van der Waals surface area contributed by atoms with E-state index in [-0.39, 0.29) is 11.6 Å². The van der Waals surface area contributed by atoms with Crippen molar-refractivity contribution < 1.29 is 14.5 Å². The third-order valence-electron chi connectivity index (χ3n) is 5.85. The van der Waals surface area contributed by atoms with Crippen molar-refractivity contribution in [1.82, 2.24) is 9.80 Å². The fourth-order valence-corrected chi connectivity index (χ4v) is 4.03. The normalized spacial score (nSPS) is 17.6. The molecule has 2 amide bonds. The molecule has 2 aromatic rings. The zero-order valence-corrected chi connectivity index (χ0v) is 17.8. The zero-order valence-electron chi connectivity index (χ0n) is 17.8. The molecule has 0 aliphatic carbocycles. The number of nitrogens with zero attached hydrogens (tertiary/aromatic N) is 4. The maximum Gasteiger partial charge on any atom is 0.282 e. The minimum atomic E-state index is -0.483. The lowest BCUT2D eigenvalue weighted by molar-refractivity contribution is -0.384. The van der Waals surface area contributed by atoms with Crippen LogP contribution in [0.4, 0.5) is 11.4 Å². The van der Waals surface area contributed by atoms with E-state index in [0.717, 1.165) is 24.2 Å². The summed E-state index contributed by atoms with van der Waals surface area (Å²) in [4.78, 5) is 43.1. The summed E-state index contributed by atoms with van der Waals surface area (Å²) in [7, 11) is 2.02. The van der Waals surface area contributed by atoms with Gasteiger partial charge in [-0.05, 0) is 55.8 Å². The molecule has 31 heavy (non-hydrogen) atoms. The summed E-state index contributed by atoms with van der Waals surface area (Å²) in [6.45, 7) is 6.60. The van der Waals surface area contributed by atoms with E-state index in [9.17, 15) is 19.7 Å². The van der Waals surface area contributed by atoms with Gasteiger partial charge in [0.2, 0.25) is 0 Å². The SMILES string of the molecule is Cc1ccc(C)c(N2C(=O)C(c3ccc([N+](=O)[O-])cc3)=C(N3CCN(C)CC3)C2=O)c1. The first-order valence-electron chi connectivity index (χ1n) is 10.2. The Morgan fingerprint density at radius 1 is 0.903 bits per heavy atom. The van der Waals surface area contributed by atoms with E-state index in [2.05, 4.69) is 4.90 Å². The second kappa shape index (κ2) is 7.96. The van der Waals surface area contributed by atoms with Crippen molar-refractivity contribution in [3.8, 4) is 0 Å². The molecule has 0 saturated carbocycles. The van der Waals surface area contributed by atoms with E-state index in [1.54, 1.807) is 12.1 Å². The van der Waals surface area contributed by atoms with E-state index >= 15 is 0 Å². The third kappa shape index (κ3) is 3.70. The maximum atomic E-state index is 13.6. The molecular weight excluding hydrogens is 396 g/mol. The number of hydrogen-bond donors (Lipinski definition) is 0. The summed E-state index contributed by atoms with van der Waals surface area (Å²) in [5.41, 5.74) is 3.46. The first-order valence-corrected chi connectivity index (χ1v) is 10.2. The summed E-state index contributed by atoms with van der Waals surface area (Å²) in [6.07, 6.45) is 0. The van der Waals surface area contributed by atoms with Gasteiger partial charge in [-0.1, -0.05) is 12.1 Å². The van der Waals surface area contributed by atoms with Crippen LogP contribution in [0.25, 0.3) is 5.57 Å². The highest BCUT2D eigenvalue weighted by atomic mass is 16.6. The van der Waals surface area contributed by atoms with Gasteiger partial charge in [-0.15, -0.1) is 0 Å².